The summed E-state index contributed by atoms with van der Waals surface area (Å²) in [5.74, 6) is 0. The monoisotopic (exact) mass is 775 g/mol. The van der Waals surface area contributed by atoms with E-state index >= 15 is 0 Å². The van der Waals surface area contributed by atoms with Crippen molar-refractivity contribution < 1.29 is 0 Å². The van der Waals surface area contributed by atoms with Crippen LogP contribution in [0.2, 0.25) is 0 Å². The average molecular weight is 776 g/mol. The quantitative estimate of drug-likeness (QED) is 0.172. The summed E-state index contributed by atoms with van der Waals surface area (Å²) in [6.07, 6.45) is 2.32. The first-order chi connectivity index (χ1) is 28.8. The Bertz CT molecular complexity index is 3130. The molecular weight excluding hydrogens is 731 g/mol. The van der Waals surface area contributed by atoms with E-state index < -0.39 is 5.41 Å². The van der Waals surface area contributed by atoms with E-state index in [1.807, 2.05) is 11.3 Å². The van der Waals surface area contributed by atoms with Gasteiger partial charge in [0.15, 0.2) is 0 Å². The van der Waals surface area contributed by atoms with Crippen LogP contribution in [0, 0.1) is 0 Å². The summed E-state index contributed by atoms with van der Waals surface area (Å²) < 4.78 is 2.63. The molecule has 0 unspecified atom stereocenters. The molecule has 0 bridgehead atoms. The molecule has 2 heteroatoms. The Balaban J connectivity index is 1.24. The number of thiophene rings is 1. The lowest BCUT2D eigenvalue weighted by Crippen LogP contribution is -2.34. The summed E-state index contributed by atoms with van der Waals surface area (Å²) in [6, 6.07) is 67.0. The van der Waals surface area contributed by atoms with Crippen molar-refractivity contribution in [3.63, 3.8) is 0 Å². The third kappa shape index (κ3) is 4.78. The first-order valence-electron chi connectivity index (χ1n) is 21.1. The normalized spacial score (nSPS) is 16.1. The largest absolute Gasteiger partial charge is 0.310 e. The van der Waals surface area contributed by atoms with Crippen molar-refractivity contribution >= 4 is 48.6 Å². The highest BCUT2D eigenvalue weighted by atomic mass is 32.1. The summed E-state index contributed by atoms with van der Waals surface area (Å²) >= 11 is 1.88. The fourth-order valence-corrected chi connectivity index (χ4v) is 12.4. The van der Waals surface area contributed by atoms with Gasteiger partial charge in [-0.25, -0.2) is 0 Å². The molecule has 0 N–H and O–H groups in total. The van der Waals surface area contributed by atoms with Gasteiger partial charge in [-0.2, -0.15) is 0 Å². The standard InChI is InChI=1S/C57H45NS/c1-55(2)31-32-56(3,4)54-42(23-16-27-49(54)55)44-34-43-40-21-10-14-26-48(40)57(46-24-12-8-19-38(46)39-20-9-13-25-47(39)57)50(43)35-51(44)58(36-17-6-5-7-18-36)37-29-30-53-45(33-37)41-22-11-15-28-52(41)59-53/h5-30,33-35H,31-32H2,1-4H3. The fourth-order valence-electron chi connectivity index (χ4n) is 11.3. The number of fused-ring (bicyclic) bond motifs is 14. The average Bonchev–Trinajstić information content (AvgIpc) is 3.89. The molecule has 0 atom stereocenters. The van der Waals surface area contributed by atoms with Gasteiger partial charge in [0.05, 0.1) is 11.1 Å². The first kappa shape index (κ1) is 34.8. The molecule has 59 heavy (non-hydrogen) atoms. The van der Waals surface area contributed by atoms with E-state index in [4.69, 9.17) is 0 Å². The summed E-state index contributed by atoms with van der Waals surface area (Å²) in [6.45, 7) is 9.83. The highest BCUT2D eigenvalue weighted by Gasteiger charge is 2.52. The van der Waals surface area contributed by atoms with E-state index in [2.05, 4.69) is 209 Å². The van der Waals surface area contributed by atoms with Crippen molar-refractivity contribution in [2.45, 2.75) is 56.8 Å². The summed E-state index contributed by atoms with van der Waals surface area (Å²) in [7, 11) is 0. The molecule has 1 heterocycles. The van der Waals surface area contributed by atoms with Gasteiger partial charge in [-0.05, 0) is 133 Å². The molecule has 0 radical (unpaired) electrons. The van der Waals surface area contributed by atoms with Crippen LogP contribution in [0.5, 0.6) is 0 Å². The van der Waals surface area contributed by atoms with Gasteiger partial charge in [0.25, 0.3) is 0 Å². The molecule has 3 aliphatic carbocycles. The SMILES string of the molecule is CC1(C)CCC(C)(C)c2c(-c3cc4c(cc3N(c3ccccc3)c3ccc5sc6ccccc6c5c3)C3(c5ccccc5-c5ccccc53)c3ccccc3-4)cccc21. The zero-order valence-electron chi connectivity index (χ0n) is 34.0. The Hall–Kier alpha value is -6.22. The van der Waals surface area contributed by atoms with Crippen LogP contribution in [-0.2, 0) is 16.2 Å². The predicted octanol–water partition coefficient (Wildman–Crippen LogP) is 15.9. The summed E-state index contributed by atoms with van der Waals surface area (Å²) in [5.41, 5.74) is 19.5. The zero-order valence-corrected chi connectivity index (χ0v) is 34.8. The van der Waals surface area contributed by atoms with Gasteiger partial charge in [-0.15, -0.1) is 11.3 Å². The van der Waals surface area contributed by atoms with Crippen molar-refractivity contribution in [1.82, 2.24) is 0 Å². The Labute approximate surface area is 351 Å². The minimum atomic E-state index is -0.459. The second-order valence-corrected chi connectivity index (χ2v) is 19.3. The first-order valence-corrected chi connectivity index (χ1v) is 22.0. The molecule has 0 fully saturated rings. The van der Waals surface area contributed by atoms with E-state index in [0.717, 1.165) is 17.8 Å². The van der Waals surface area contributed by atoms with E-state index in [1.165, 1.54) is 99.0 Å². The molecule has 8 aromatic carbocycles. The molecule has 1 spiro atoms. The Morgan fingerprint density at radius 1 is 0.390 bits per heavy atom. The van der Waals surface area contributed by atoms with Crippen LogP contribution < -0.4 is 4.90 Å². The van der Waals surface area contributed by atoms with Crippen LogP contribution in [0.3, 0.4) is 0 Å². The van der Waals surface area contributed by atoms with Crippen LogP contribution in [0.15, 0.2) is 176 Å². The molecule has 9 aromatic rings. The number of hydrogen-bond acceptors (Lipinski definition) is 2. The van der Waals surface area contributed by atoms with Crippen LogP contribution in [0.4, 0.5) is 17.1 Å². The maximum Gasteiger partial charge on any atom is 0.0726 e. The van der Waals surface area contributed by atoms with Gasteiger partial charge in [0.2, 0.25) is 0 Å². The van der Waals surface area contributed by atoms with Crippen LogP contribution in [0.25, 0.3) is 53.6 Å². The molecule has 0 saturated carbocycles. The molecule has 0 amide bonds. The molecule has 0 saturated heterocycles. The minimum Gasteiger partial charge on any atom is -0.310 e. The number of anilines is 3. The maximum absolute atomic E-state index is 2.60. The van der Waals surface area contributed by atoms with Gasteiger partial charge in [0, 0.05) is 37.1 Å². The minimum absolute atomic E-state index is 0.00622. The molecular formula is C57H45NS. The van der Waals surface area contributed by atoms with Crippen molar-refractivity contribution in [2.75, 3.05) is 4.90 Å². The van der Waals surface area contributed by atoms with Gasteiger partial charge < -0.3 is 4.90 Å². The molecule has 284 valence electrons. The zero-order chi connectivity index (χ0) is 39.7. The smallest absolute Gasteiger partial charge is 0.0726 e. The van der Waals surface area contributed by atoms with Gasteiger partial charge in [-0.1, -0.05) is 155 Å². The van der Waals surface area contributed by atoms with Crippen molar-refractivity contribution in [1.29, 1.82) is 0 Å². The van der Waals surface area contributed by atoms with Crippen molar-refractivity contribution in [2.24, 2.45) is 0 Å². The third-order valence-electron chi connectivity index (χ3n) is 14.1. The highest BCUT2D eigenvalue weighted by Crippen LogP contribution is 2.64. The number of rotatable bonds is 4. The Morgan fingerprint density at radius 2 is 0.949 bits per heavy atom. The predicted molar refractivity (Wildman–Crippen MR) is 251 cm³/mol. The molecule has 0 aliphatic heterocycles. The van der Waals surface area contributed by atoms with Gasteiger partial charge in [0.1, 0.15) is 0 Å². The van der Waals surface area contributed by atoms with Gasteiger partial charge >= 0.3 is 0 Å². The van der Waals surface area contributed by atoms with E-state index in [-0.39, 0.29) is 10.8 Å². The summed E-state index contributed by atoms with van der Waals surface area (Å²) in [4.78, 5) is 2.56. The molecule has 12 rings (SSSR count). The third-order valence-corrected chi connectivity index (χ3v) is 15.3. The lowest BCUT2D eigenvalue weighted by molar-refractivity contribution is 0.333. The lowest BCUT2D eigenvalue weighted by Gasteiger charge is -2.43. The van der Waals surface area contributed by atoms with Gasteiger partial charge in [-0.3, -0.25) is 0 Å². The fraction of sp³-hybridized carbons (Fsp3) is 0.158. The topological polar surface area (TPSA) is 3.24 Å². The number of nitrogens with zero attached hydrogens (tertiary/aromatic N) is 1. The highest BCUT2D eigenvalue weighted by molar-refractivity contribution is 7.25. The second-order valence-electron chi connectivity index (χ2n) is 18.2. The maximum atomic E-state index is 2.60. The molecule has 1 nitrogen and oxygen atoms in total. The van der Waals surface area contributed by atoms with E-state index in [1.54, 1.807) is 0 Å². The van der Waals surface area contributed by atoms with Crippen LogP contribution >= 0.6 is 11.3 Å². The van der Waals surface area contributed by atoms with Crippen molar-refractivity contribution in [3.05, 3.63) is 209 Å². The summed E-state index contributed by atoms with van der Waals surface area (Å²) in [5, 5.41) is 2.61. The number of hydrogen-bond donors (Lipinski definition) is 0. The van der Waals surface area contributed by atoms with E-state index in [0.29, 0.717) is 0 Å². The molecule has 3 aliphatic rings. The lowest BCUT2D eigenvalue weighted by atomic mass is 9.61. The number of benzene rings is 8. The van der Waals surface area contributed by atoms with Crippen molar-refractivity contribution in [3.8, 4) is 33.4 Å². The van der Waals surface area contributed by atoms with E-state index in [9.17, 15) is 0 Å². The molecule has 1 aromatic heterocycles. The number of para-hydroxylation sites is 1. The second kappa shape index (κ2) is 12.4. The Morgan fingerprint density at radius 3 is 1.66 bits per heavy atom. The van der Waals surface area contributed by atoms with Crippen LogP contribution in [-0.4, -0.2) is 0 Å². The van der Waals surface area contributed by atoms with Crippen LogP contribution in [0.1, 0.15) is 73.9 Å². The Kier molecular flexibility index (Phi) is 7.31.